The molecule has 4 N–H and O–H groups in total. The van der Waals surface area contributed by atoms with Crippen LogP contribution in [0.15, 0.2) is 0 Å². The van der Waals surface area contributed by atoms with Gasteiger partial charge in [-0.3, -0.25) is 9.59 Å². The van der Waals surface area contributed by atoms with Crippen LogP contribution in [0.1, 0.15) is 6.92 Å². The molecule has 2 aliphatic rings. The number of aliphatic hydroxyl groups excluding tert-OH is 2. The van der Waals surface area contributed by atoms with Crippen LogP contribution >= 0.6 is 0 Å². The van der Waals surface area contributed by atoms with Crippen molar-refractivity contribution in [3.63, 3.8) is 0 Å². The maximum Gasteiger partial charge on any atom is 0.276 e. The number of carbonyl (C=O) groups excluding carboxylic acids is 2. The van der Waals surface area contributed by atoms with Crippen LogP contribution in [-0.4, -0.2) is 52.6 Å². The first-order chi connectivity index (χ1) is 6.97. The summed E-state index contributed by atoms with van der Waals surface area (Å²) in [5.74, 6) is -1.10. The van der Waals surface area contributed by atoms with Crippen LogP contribution in [0, 0.1) is 0 Å². The fraction of sp³-hybridized carbons (Fsp3) is 0.750. The molecule has 7 nitrogen and oxygen atoms in total. The summed E-state index contributed by atoms with van der Waals surface area (Å²) in [6, 6.07) is 0. The molecule has 0 aromatic rings. The molecule has 0 radical (unpaired) electrons. The average molecular weight is 216 g/mol. The predicted molar refractivity (Wildman–Crippen MR) is 46.4 cm³/mol. The second-order valence-corrected chi connectivity index (χ2v) is 3.72. The van der Waals surface area contributed by atoms with E-state index in [9.17, 15) is 19.8 Å². The van der Waals surface area contributed by atoms with Gasteiger partial charge in [-0.2, -0.15) is 0 Å². The molecule has 1 spiro atoms. The Labute approximate surface area is 85.4 Å². The molecule has 0 unspecified atom stereocenters. The Morgan fingerprint density at radius 2 is 2.13 bits per heavy atom. The van der Waals surface area contributed by atoms with Gasteiger partial charge in [-0.05, 0) is 6.92 Å². The molecule has 0 aromatic carbocycles. The van der Waals surface area contributed by atoms with Gasteiger partial charge in [0.05, 0.1) is 12.6 Å². The van der Waals surface area contributed by atoms with Gasteiger partial charge < -0.3 is 25.6 Å². The molecular formula is C8H12N2O5. The maximum atomic E-state index is 11.5. The molecule has 4 atom stereocenters. The van der Waals surface area contributed by atoms with E-state index >= 15 is 0 Å². The third-order valence-corrected chi connectivity index (χ3v) is 2.66. The number of rotatable bonds is 0. The van der Waals surface area contributed by atoms with E-state index in [0.29, 0.717) is 0 Å². The van der Waals surface area contributed by atoms with Gasteiger partial charge in [0.25, 0.3) is 11.6 Å². The van der Waals surface area contributed by atoms with Gasteiger partial charge in [0, 0.05) is 0 Å². The van der Waals surface area contributed by atoms with Crippen molar-refractivity contribution in [1.82, 2.24) is 10.6 Å². The third-order valence-electron chi connectivity index (χ3n) is 2.66. The Kier molecular flexibility index (Phi) is 2.18. The largest absolute Gasteiger partial charge is 0.387 e. The molecule has 2 fully saturated rings. The topological polar surface area (TPSA) is 108 Å². The number of carbonyl (C=O) groups is 2. The van der Waals surface area contributed by atoms with E-state index < -0.39 is 35.9 Å². The van der Waals surface area contributed by atoms with Crippen molar-refractivity contribution in [1.29, 1.82) is 0 Å². The first-order valence-corrected chi connectivity index (χ1v) is 4.60. The van der Waals surface area contributed by atoms with Gasteiger partial charge in [-0.25, -0.2) is 0 Å². The summed E-state index contributed by atoms with van der Waals surface area (Å²) in [5, 5.41) is 23.7. The monoisotopic (exact) mass is 216 g/mol. The number of nitrogens with one attached hydrogen (secondary N) is 2. The van der Waals surface area contributed by atoms with E-state index in [-0.39, 0.29) is 6.54 Å². The first kappa shape index (κ1) is 10.3. The molecular weight excluding hydrogens is 204 g/mol. The normalized spacial score (nSPS) is 45.4. The molecule has 7 heteroatoms. The molecule has 2 heterocycles. The van der Waals surface area contributed by atoms with Gasteiger partial charge in [0.15, 0.2) is 0 Å². The van der Waals surface area contributed by atoms with E-state index in [2.05, 4.69) is 10.6 Å². The molecule has 2 amide bonds. The predicted octanol–water partition coefficient (Wildman–Crippen LogP) is -2.93. The molecule has 0 aromatic heterocycles. The van der Waals surface area contributed by atoms with Crippen molar-refractivity contribution in [2.45, 2.75) is 31.0 Å². The fourth-order valence-electron chi connectivity index (χ4n) is 1.82. The van der Waals surface area contributed by atoms with Crippen LogP contribution < -0.4 is 10.6 Å². The van der Waals surface area contributed by atoms with Crippen molar-refractivity contribution < 1.29 is 24.5 Å². The zero-order valence-electron chi connectivity index (χ0n) is 8.06. The van der Waals surface area contributed by atoms with E-state index in [4.69, 9.17) is 4.74 Å². The van der Waals surface area contributed by atoms with Gasteiger partial charge in [-0.15, -0.1) is 0 Å². The smallest absolute Gasteiger partial charge is 0.276 e. The van der Waals surface area contributed by atoms with Gasteiger partial charge in [0.2, 0.25) is 5.91 Å². The van der Waals surface area contributed by atoms with Crippen molar-refractivity contribution in [2.24, 2.45) is 0 Å². The Morgan fingerprint density at radius 3 is 2.67 bits per heavy atom. The van der Waals surface area contributed by atoms with Crippen LogP contribution in [0.25, 0.3) is 0 Å². The lowest BCUT2D eigenvalue weighted by atomic mass is 10.0. The quantitative estimate of drug-likeness (QED) is 0.347. The minimum Gasteiger partial charge on any atom is -0.387 e. The summed E-state index contributed by atoms with van der Waals surface area (Å²) in [6.45, 7) is 1.36. The van der Waals surface area contributed by atoms with Crippen molar-refractivity contribution in [3.8, 4) is 0 Å². The minimum atomic E-state index is -1.84. The average Bonchev–Trinajstić information content (AvgIpc) is 2.39. The lowest BCUT2D eigenvalue weighted by molar-refractivity contribution is -0.170. The molecule has 0 aliphatic carbocycles. The molecule has 2 rings (SSSR count). The third kappa shape index (κ3) is 1.31. The SMILES string of the molecule is C[C@@H]1O[C@]2(NC(=O)CNC2=O)[C@H](O)[C@@H]1O. The van der Waals surface area contributed by atoms with Crippen molar-refractivity contribution >= 4 is 11.8 Å². The summed E-state index contributed by atoms with van der Waals surface area (Å²) >= 11 is 0. The van der Waals surface area contributed by atoms with Crippen molar-refractivity contribution in [3.05, 3.63) is 0 Å². The Hall–Kier alpha value is -1.18. The highest BCUT2D eigenvalue weighted by molar-refractivity contribution is 5.97. The Bertz CT molecular complexity index is 320. The molecule has 0 saturated carbocycles. The standard InChI is InChI=1S/C8H12N2O5/c1-3-5(12)6(13)8(15-3)7(14)9-2-4(11)10-8/h3,5-6,12-13H,2H2,1H3,(H,9,14)(H,10,11)/t3-,5+,6+,8+/m0/s1. The zero-order valence-corrected chi connectivity index (χ0v) is 8.06. The van der Waals surface area contributed by atoms with Crippen molar-refractivity contribution in [2.75, 3.05) is 6.54 Å². The van der Waals surface area contributed by atoms with E-state index in [1.165, 1.54) is 6.92 Å². The summed E-state index contributed by atoms with van der Waals surface area (Å²) in [5.41, 5.74) is -1.84. The molecule has 2 aliphatic heterocycles. The van der Waals surface area contributed by atoms with Crippen LogP contribution in [0.4, 0.5) is 0 Å². The van der Waals surface area contributed by atoms with E-state index in [1.54, 1.807) is 0 Å². The number of hydrogen-bond acceptors (Lipinski definition) is 5. The molecule has 2 saturated heterocycles. The summed E-state index contributed by atoms with van der Waals surface area (Å²) in [4.78, 5) is 22.7. The highest BCUT2D eigenvalue weighted by Crippen LogP contribution is 2.30. The Balaban J connectivity index is 2.32. The van der Waals surface area contributed by atoms with Gasteiger partial charge in [-0.1, -0.05) is 0 Å². The minimum absolute atomic E-state index is 0.152. The summed E-state index contributed by atoms with van der Waals surface area (Å²) in [7, 11) is 0. The van der Waals surface area contributed by atoms with Crippen LogP contribution in [0.2, 0.25) is 0 Å². The maximum absolute atomic E-state index is 11.5. The lowest BCUT2D eigenvalue weighted by Gasteiger charge is -2.34. The van der Waals surface area contributed by atoms with E-state index in [1.807, 2.05) is 0 Å². The number of piperazine rings is 1. The fourth-order valence-corrected chi connectivity index (χ4v) is 1.82. The lowest BCUT2D eigenvalue weighted by Crippen LogP contribution is -2.70. The van der Waals surface area contributed by atoms with Crippen LogP contribution in [0.5, 0.6) is 0 Å². The van der Waals surface area contributed by atoms with Crippen LogP contribution in [-0.2, 0) is 14.3 Å². The molecule has 15 heavy (non-hydrogen) atoms. The van der Waals surface area contributed by atoms with Gasteiger partial charge >= 0.3 is 0 Å². The Morgan fingerprint density at radius 1 is 1.47 bits per heavy atom. The first-order valence-electron chi connectivity index (χ1n) is 4.60. The zero-order chi connectivity index (χ0) is 11.2. The number of aliphatic hydroxyl groups is 2. The highest BCUT2D eigenvalue weighted by Gasteiger charge is 2.60. The van der Waals surface area contributed by atoms with E-state index in [0.717, 1.165) is 0 Å². The number of hydrogen-bond donors (Lipinski definition) is 4. The molecule has 0 bridgehead atoms. The molecule has 84 valence electrons. The number of ether oxygens (including phenoxy) is 1. The highest BCUT2D eigenvalue weighted by atomic mass is 16.6. The number of amides is 2. The summed E-state index contributed by atoms with van der Waals surface area (Å²) in [6.07, 6.45) is -3.38. The second kappa shape index (κ2) is 3.16. The second-order valence-electron chi connectivity index (χ2n) is 3.72. The van der Waals surface area contributed by atoms with Crippen LogP contribution in [0.3, 0.4) is 0 Å². The summed E-state index contributed by atoms with van der Waals surface area (Å²) < 4.78 is 5.15. The van der Waals surface area contributed by atoms with Gasteiger partial charge in [0.1, 0.15) is 12.2 Å².